The molecule has 0 saturated carbocycles. The molecule has 1 heterocycles. The van der Waals surface area contributed by atoms with Crippen molar-refractivity contribution in [3.8, 4) is 0 Å². The summed E-state index contributed by atoms with van der Waals surface area (Å²) in [4.78, 5) is 10.7. The van der Waals surface area contributed by atoms with Crippen LogP contribution in [-0.4, -0.2) is 11.1 Å². The largest absolute Gasteiger partial charge is 0.475 e. The van der Waals surface area contributed by atoms with Crippen LogP contribution in [-0.2, 0) is 6.54 Å². The summed E-state index contributed by atoms with van der Waals surface area (Å²) in [6.45, 7) is 6.75. The van der Waals surface area contributed by atoms with Crippen molar-refractivity contribution in [1.29, 1.82) is 0 Å². The molecule has 4 heteroatoms. The third kappa shape index (κ3) is 3.27. The number of hydrogen-bond donors (Lipinski definition) is 2. The molecule has 2 aromatic rings. The van der Waals surface area contributed by atoms with Gasteiger partial charge in [0.25, 0.3) is 0 Å². The summed E-state index contributed by atoms with van der Waals surface area (Å²) in [6, 6.07) is 9.70. The van der Waals surface area contributed by atoms with E-state index in [2.05, 4.69) is 44.3 Å². The van der Waals surface area contributed by atoms with Crippen LogP contribution in [0.5, 0.6) is 0 Å². The van der Waals surface area contributed by atoms with Crippen LogP contribution in [0, 0.1) is 13.8 Å². The van der Waals surface area contributed by atoms with Crippen molar-refractivity contribution in [2.75, 3.05) is 0 Å². The minimum absolute atomic E-state index is 0.0269. The highest BCUT2D eigenvalue weighted by Gasteiger charge is 2.11. The topological polar surface area (TPSA) is 62.5 Å². The Hall–Kier alpha value is -2.07. The number of carboxylic acids is 1. The molecule has 2 N–H and O–H groups in total. The molecule has 1 aromatic heterocycles. The van der Waals surface area contributed by atoms with Crippen molar-refractivity contribution in [1.82, 2.24) is 5.32 Å². The average molecular weight is 273 g/mol. The van der Waals surface area contributed by atoms with Gasteiger partial charge in [-0.1, -0.05) is 23.8 Å². The zero-order valence-corrected chi connectivity index (χ0v) is 11.9. The van der Waals surface area contributed by atoms with E-state index in [-0.39, 0.29) is 11.8 Å². The summed E-state index contributed by atoms with van der Waals surface area (Å²) in [7, 11) is 0. The summed E-state index contributed by atoms with van der Waals surface area (Å²) < 4.78 is 5.22. The SMILES string of the molecule is Cc1ccc(C(C)NCc2ccc(C(=O)O)o2)c(C)c1. The van der Waals surface area contributed by atoms with Crippen LogP contribution < -0.4 is 5.32 Å². The van der Waals surface area contributed by atoms with Crippen LogP contribution in [0.1, 0.15) is 46.0 Å². The van der Waals surface area contributed by atoms with Gasteiger partial charge in [0.2, 0.25) is 5.76 Å². The first-order chi connectivity index (χ1) is 9.47. The molecule has 0 aliphatic heterocycles. The van der Waals surface area contributed by atoms with Gasteiger partial charge in [-0.05, 0) is 44.0 Å². The van der Waals surface area contributed by atoms with E-state index in [0.717, 1.165) is 0 Å². The highest BCUT2D eigenvalue weighted by molar-refractivity contribution is 5.84. The van der Waals surface area contributed by atoms with E-state index in [1.54, 1.807) is 6.07 Å². The molecule has 0 amide bonds. The molecule has 0 spiro atoms. The van der Waals surface area contributed by atoms with Crippen LogP contribution in [0.2, 0.25) is 0 Å². The first kappa shape index (κ1) is 14.3. The Morgan fingerprint density at radius 1 is 1.30 bits per heavy atom. The molecule has 20 heavy (non-hydrogen) atoms. The number of furan rings is 1. The minimum Gasteiger partial charge on any atom is -0.475 e. The molecule has 0 aliphatic carbocycles. The van der Waals surface area contributed by atoms with Crippen molar-refractivity contribution >= 4 is 5.97 Å². The second-order valence-electron chi connectivity index (χ2n) is 5.03. The van der Waals surface area contributed by atoms with Gasteiger partial charge in [0.15, 0.2) is 0 Å². The summed E-state index contributed by atoms with van der Waals surface area (Å²) in [6.07, 6.45) is 0. The Labute approximate surface area is 118 Å². The molecule has 1 unspecified atom stereocenters. The van der Waals surface area contributed by atoms with Crippen molar-refractivity contribution in [3.63, 3.8) is 0 Å². The molecule has 0 saturated heterocycles. The molecular weight excluding hydrogens is 254 g/mol. The predicted octanol–water partition coefficient (Wildman–Crippen LogP) is 3.45. The lowest BCUT2D eigenvalue weighted by Gasteiger charge is -2.16. The number of aromatic carboxylic acids is 1. The van der Waals surface area contributed by atoms with Crippen LogP contribution in [0.4, 0.5) is 0 Å². The molecule has 0 radical (unpaired) electrons. The number of rotatable bonds is 5. The summed E-state index contributed by atoms with van der Waals surface area (Å²) >= 11 is 0. The predicted molar refractivity (Wildman–Crippen MR) is 76.8 cm³/mol. The van der Waals surface area contributed by atoms with Gasteiger partial charge in [-0.3, -0.25) is 0 Å². The molecule has 0 aliphatic rings. The molecular formula is C16H19NO3. The van der Waals surface area contributed by atoms with E-state index in [4.69, 9.17) is 9.52 Å². The molecule has 0 fully saturated rings. The summed E-state index contributed by atoms with van der Waals surface area (Å²) in [5, 5.41) is 12.1. The third-order valence-corrected chi connectivity index (χ3v) is 3.35. The van der Waals surface area contributed by atoms with Crippen molar-refractivity contribution < 1.29 is 14.3 Å². The van der Waals surface area contributed by atoms with Crippen LogP contribution in [0.25, 0.3) is 0 Å². The lowest BCUT2D eigenvalue weighted by molar-refractivity contribution is 0.0660. The summed E-state index contributed by atoms with van der Waals surface area (Å²) in [5.41, 5.74) is 3.73. The molecule has 2 rings (SSSR count). The molecule has 1 atom stereocenters. The Kier molecular flexibility index (Phi) is 4.25. The minimum atomic E-state index is -1.04. The Balaban J connectivity index is 2.00. The van der Waals surface area contributed by atoms with Gasteiger partial charge in [-0.15, -0.1) is 0 Å². The standard InChI is InChI=1S/C16H19NO3/c1-10-4-6-14(11(2)8-10)12(3)17-9-13-5-7-15(20-13)16(18)19/h4-8,12,17H,9H2,1-3H3,(H,18,19). The smallest absolute Gasteiger partial charge is 0.371 e. The Morgan fingerprint density at radius 3 is 2.65 bits per heavy atom. The number of carboxylic acid groups (broad SMARTS) is 1. The van der Waals surface area contributed by atoms with Gasteiger partial charge in [-0.2, -0.15) is 0 Å². The van der Waals surface area contributed by atoms with E-state index in [0.29, 0.717) is 12.3 Å². The second-order valence-corrected chi connectivity index (χ2v) is 5.03. The first-order valence-corrected chi connectivity index (χ1v) is 6.60. The number of carbonyl (C=O) groups is 1. The fourth-order valence-electron chi connectivity index (χ4n) is 2.26. The van der Waals surface area contributed by atoms with Crippen molar-refractivity contribution in [2.45, 2.75) is 33.4 Å². The van der Waals surface area contributed by atoms with Crippen molar-refractivity contribution in [3.05, 3.63) is 58.5 Å². The number of aryl methyl sites for hydroxylation is 2. The summed E-state index contributed by atoms with van der Waals surface area (Å²) in [5.74, 6) is -0.446. The fourth-order valence-corrected chi connectivity index (χ4v) is 2.26. The number of nitrogens with one attached hydrogen (secondary N) is 1. The maximum absolute atomic E-state index is 10.7. The van der Waals surface area contributed by atoms with Gasteiger partial charge in [0, 0.05) is 6.04 Å². The zero-order chi connectivity index (χ0) is 14.7. The molecule has 0 bridgehead atoms. The van der Waals surface area contributed by atoms with Gasteiger partial charge < -0.3 is 14.8 Å². The Bertz CT molecular complexity index is 616. The van der Waals surface area contributed by atoms with Gasteiger partial charge in [0.05, 0.1) is 6.54 Å². The van der Waals surface area contributed by atoms with Gasteiger partial charge >= 0.3 is 5.97 Å². The van der Waals surface area contributed by atoms with Gasteiger partial charge in [-0.25, -0.2) is 4.79 Å². The average Bonchev–Trinajstić information content (AvgIpc) is 2.85. The second kappa shape index (κ2) is 5.92. The van der Waals surface area contributed by atoms with E-state index >= 15 is 0 Å². The quantitative estimate of drug-likeness (QED) is 0.876. The van der Waals surface area contributed by atoms with E-state index < -0.39 is 5.97 Å². The first-order valence-electron chi connectivity index (χ1n) is 6.60. The van der Waals surface area contributed by atoms with E-state index in [9.17, 15) is 4.79 Å². The van der Waals surface area contributed by atoms with E-state index in [1.807, 2.05) is 0 Å². The lowest BCUT2D eigenvalue weighted by atomic mass is 10.0. The highest BCUT2D eigenvalue weighted by atomic mass is 16.4. The number of benzene rings is 1. The molecule has 1 aromatic carbocycles. The van der Waals surface area contributed by atoms with Crippen molar-refractivity contribution in [2.24, 2.45) is 0 Å². The Morgan fingerprint density at radius 2 is 2.05 bits per heavy atom. The normalized spacial score (nSPS) is 12.3. The van der Waals surface area contributed by atoms with Crippen LogP contribution in [0.3, 0.4) is 0 Å². The monoisotopic (exact) mass is 273 g/mol. The van der Waals surface area contributed by atoms with Gasteiger partial charge in [0.1, 0.15) is 5.76 Å². The van der Waals surface area contributed by atoms with Crippen LogP contribution in [0.15, 0.2) is 34.7 Å². The number of hydrogen-bond acceptors (Lipinski definition) is 3. The maximum atomic E-state index is 10.7. The maximum Gasteiger partial charge on any atom is 0.371 e. The highest BCUT2D eigenvalue weighted by Crippen LogP contribution is 2.19. The van der Waals surface area contributed by atoms with E-state index in [1.165, 1.54) is 22.8 Å². The van der Waals surface area contributed by atoms with Crippen LogP contribution >= 0.6 is 0 Å². The third-order valence-electron chi connectivity index (χ3n) is 3.35. The molecule has 4 nitrogen and oxygen atoms in total. The zero-order valence-electron chi connectivity index (χ0n) is 11.9. The fraction of sp³-hybridized carbons (Fsp3) is 0.312. The molecule has 106 valence electrons. The lowest BCUT2D eigenvalue weighted by Crippen LogP contribution is -2.18.